The van der Waals surface area contributed by atoms with Crippen LogP contribution in [0.2, 0.25) is 0 Å². The summed E-state index contributed by atoms with van der Waals surface area (Å²) in [5.41, 5.74) is 2.72. The van der Waals surface area contributed by atoms with Crippen molar-refractivity contribution in [3.8, 4) is 0 Å². The molecule has 1 aromatic rings. The van der Waals surface area contributed by atoms with Gasteiger partial charge in [0.25, 0.3) is 0 Å². The Bertz CT molecular complexity index is 243. The van der Waals surface area contributed by atoms with E-state index in [0.29, 0.717) is 5.92 Å². The maximum absolute atomic E-state index is 5.74. The topological polar surface area (TPSA) is 0 Å². The maximum atomic E-state index is 5.74. The predicted octanol–water partition coefficient (Wildman–Crippen LogP) is 3.41. The average molecular weight is 183 g/mol. The summed E-state index contributed by atoms with van der Waals surface area (Å²) in [6.07, 6.45) is 1.09. The summed E-state index contributed by atoms with van der Waals surface area (Å²) in [4.78, 5) is 0. The third kappa shape index (κ3) is 2.86. The van der Waals surface area contributed by atoms with E-state index in [9.17, 15) is 0 Å². The van der Waals surface area contributed by atoms with E-state index in [-0.39, 0.29) is 0 Å². The Morgan fingerprint density at radius 1 is 1.42 bits per heavy atom. The van der Waals surface area contributed by atoms with E-state index in [1.54, 1.807) is 0 Å². The van der Waals surface area contributed by atoms with Crippen LogP contribution in [0.25, 0.3) is 0 Å². The number of aryl methyl sites for hydroxylation is 1. The SMILES string of the molecule is Cc1cccc(CC(C)CCl)c1. The number of benzene rings is 1. The second-order valence-corrected chi connectivity index (χ2v) is 3.76. The second kappa shape index (κ2) is 4.51. The minimum Gasteiger partial charge on any atom is -0.126 e. The molecule has 1 atom stereocenters. The maximum Gasteiger partial charge on any atom is 0.0252 e. The molecule has 0 saturated carbocycles. The summed E-state index contributed by atoms with van der Waals surface area (Å²) in [6, 6.07) is 8.61. The van der Waals surface area contributed by atoms with E-state index >= 15 is 0 Å². The fraction of sp³-hybridized carbons (Fsp3) is 0.455. The van der Waals surface area contributed by atoms with Gasteiger partial charge in [0, 0.05) is 5.88 Å². The van der Waals surface area contributed by atoms with Crippen LogP contribution in [0.15, 0.2) is 24.3 Å². The first-order valence-electron chi connectivity index (χ1n) is 4.34. The molecular formula is C11H15Cl. The van der Waals surface area contributed by atoms with Gasteiger partial charge in [-0.1, -0.05) is 36.8 Å². The van der Waals surface area contributed by atoms with Gasteiger partial charge in [-0.25, -0.2) is 0 Å². The van der Waals surface area contributed by atoms with Crippen molar-refractivity contribution < 1.29 is 0 Å². The lowest BCUT2D eigenvalue weighted by molar-refractivity contribution is 0.654. The average Bonchev–Trinajstić information content (AvgIpc) is 2.04. The minimum atomic E-state index is 0.577. The molecule has 1 heteroatoms. The van der Waals surface area contributed by atoms with Gasteiger partial charge >= 0.3 is 0 Å². The van der Waals surface area contributed by atoms with Gasteiger partial charge in [0.1, 0.15) is 0 Å². The lowest BCUT2D eigenvalue weighted by atomic mass is 10.0. The first-order valence-corrected chi connectivity index (χ1v) is 4.87. The Morgan fingerprint density at radius 2 is 2.17 bits per heavy atom. The van der Waals surface area contributed by atoms with Crippen LogP contribution in [0.1, 0.15) is 18.1 Å². The Balaban J connectivity index is 2.63. The third-order valence-corrected chi connectivity index (χ3v) is 2.46. The Labute approximate surface area is 79.6 Å². The van der Waals surface area contributed by atoms with E-state index < -0.39 is 0 Å². The largest absolute Gasteiger partial charge is 0.126 e. The molecule has 0 nitrogen and oxygen atoms in total. The van der Waals surface area contributed by atoms with Gasteiger partial charge in [0.2, 0.25) is 0 Å². The van der Waals surface area contributed by atoms with Crippen molar-refractivity contribution in [1.82, 2.24) is 0 Å². The van der Waals surface area contributed by atoms with Gasteiger partial charge in [-0.2, -0.15) is 0 Å². The number of alkyl halides is 1. The molecule has 0 saturated heterocycles. The molecule has 0 radical (unpaired) electrons. The van der Waals surface area contributed by atoms with Crippen molar-refractivity contribution in [1.29, 1.82) is 0 Å². The van der Waals surface area contributed by atoms with Crippen LogP contribution in [-0.4, -0.2) is 5.88 Å². The van der Waals surface area contributed by atoms with E-state index in [4.69, 9.17) is 11.6 Å². The van der Waals surface area contributed by atoms with Crippen LogP contribution in [0.3, 0.4) is 0 Å². The van der Waals surface area contributed by atoms with Crippen molar-refractivity contribution in [3.63, 3.8) is 0 Å². The molecule has 0 aliphatic rings. The van der Waals surface area contributed by atoms with Gasteiger partial charge in [-0.15, -0.1) is 11.6 Å². The Morgan fingerprint density at radius 3 is 2.75 bits per heavy atom. The molecule has 0 heterocycles. The molecule has 0 aliphatic heterocycles. The predicted molar refractivity (Wildman–Crippen MR) is 54.8 cm³/mol. The van der Waals surface area contributed by atoms with Crippen LogP contribution >= 0.6 is 11.6 Å². The van der Waals surface area contributed by atoms with Gasteiger partial charge in [0.05, 0.1) is 0 Å². The Kier molecular flexibility index (Phi) is 3.61. The van der Waals surface area contributed by atoms with Crippen molar-refractivity contribution in [2.24, 2.45) is 5.92 Å². The zero-order chi connectivity index (χ0) is 8.97. The summed E-state index contributed by atoms with van der Waals surface area (Å²) in [5, 5.41) is 0. The molecule has 0 aromatic heterocycles. The molecule has 1 aromatic carbocycles. The molecule has 0 fully saturated rings. The molecule has 0 N–H and O–H groups in total. The zero-order valence-corrected chi connectivity index (χ0v) is 8.43. The van der Waals surface area contributed by atoms with Crippen molar-refractivity contribution in [3.05, 3.63) is 35.4 Å². The molecular weight excluding hydrogens is 168 g/mol. The summed E-state index contributed by atoms with van der Waals surface area (Å²) in [6.45, 7) is 4.30. The quantitative estimate of drug-likeness (QED) is 0.629. The van der Waals surface area contributed by atoms with Gasteiger partial charge < -0.3 is 0 Å². The number of hydrogen-bond acceptors (Lipinski definition) is 0. The number of rotatable bonds is 3. The second-order valence-electron chi connectivity index (χ2n) is 3.45. The highest BCUT2D eigenvalue weighted by molar-refractivity contribution is 6.18. The lowest BCUT2D eigenvalue weighted by Gasteiger charge is -2.07. The highest BCUT2D eigenvalue weighted by Gasteiger charge is 2.01. The molecule has 0 bridgehead atoms. The van der Waals surface area contributed by atoms with Crippen molar-refractivity contribution in [2.45, 2.75) is 20.3 Å². The minimum absolute atomic E-state index is 0.577. The van der Waals surface area contributed by atoms with Gasteiger partial charge in [0.15, 0.2) is 0 Å². The van der Waals surface area contributed by atoms with Crippen LogP contribution in [0.5, 0.6) is 0 Å². The highest BCUT2D eigenvalue weighted by atomic mass is 35.5. The molecule has 1 unspecified atom stereocenters. The fourth-order valence-corrected chi connectivity index (χ4v) is 1.41. The van der Waals surface area contributed by atoms with E-state index in [1.165, 1.54) is 11.1 Å². The van der Waals surface area contributed by atoms with Crippen molar-refractivity contribution >= 4 is 11.6 Å². The van der Waals surface area contributed by atoms with E-state index in [0.717, 1.165) is 12.3 Å². The fourth-order valence-electron chi connectivity index (χ4n) is 1.30. The Hall–Kier alpha value is -0.490. The first-order chi connectivity index (χ1) is 5.72. The molecule has 12 heavy (non-hydrogen) atoms. The highest BCUT2D eigenvalue weighted by Crippen LogP contribution is 2.11. The lowest BCUT2D eigenvalue weighted by Crippen LogP contribution is -2.00. The smallest absolute Gasteiger partial charge is 0.0252 e. The molecule has 0 amide bonds. The van der Waals surface area contributed by atoms with Crippen LogP contribution in [0, 0.1) is 12.8 Å². The summed E-state index contributed by atoms with van der Waals surface area (Å²) >= 11 is 5.74. The van der Waals surface area contributed by atoms with Gasteiger partial charge in [-0.3, -0.25) is 0 Å². The summed E-state index contributed by atoms with van der Waals surface area (Å²) < 4.78 is 0. The molecule has 1 rings (SSSR count). The van der Waals surface area contributed by atoms with Crippen LogP contribution in [-0.2, 0) is 6.42 Å². The summed E-state index contributed by atoms with van der Waals surface area (Å²) in [7, 11) is 0. The first kappa shape index (κ1) is 9.60. The van der Waals surface area contributed by atoms with Crippen molar-refractivity contribution in [2.75, 3.05) is 5.88 Å². The molecule has 66 valence electrons. The standard InChI is InChI=1S/C11H15Cl/c1-9-4-3-5-11(6-9)7-10(2)8-12/h3-6,10H,7-8H2,1-2H3. The van der Waals surface area contributed by atoms with E-state index in [1.807, 2.05) is 0 Å². The van der Waals surface area contributed by atoms with Gasteiger partial charge in [-0.05, 0) is 24.8 Å². The van der Waals surface area contributed by atoms with Crippen LogP contribution in [0.4, 0.5) is 0 Å². The number of halogens is 1. The third-order valence-electron chi connectivity index (χ3n) is 1.93. The van der Waals surface area contributed by atoms with E-state index in [2.05, 4.69) is 38.1 Å². The number of hydrogen-bond donors (Lipinski definition) is 0. The zero-order valence-electron chi connectivity index (χ0n) is 7.68. The normalized spacial score (nSPS) is 12.9. The molecule has 0 aliphatic carbocycles. The summed E-state index contributed by atoms with van der Waals surface area (Å²) in [5.74, 6) is 1.32. The molecule has 0 spiro atoms. The monoisotopic (exact) mass is 182 g/mol. The van der Waals surface area contributed by atoms with Crippen LogP contribution < -0.4 is 0 Å².